The zero-order valence-electron chi connectivity index (χ0n) is 10.9. The third-order valence-electron chi connectivity index (χ3n) is 2.63. The standard InChI is InChI=1S/C12H20N4/c1-11(2,3)8-7-9-13-14-10(12(4,5)6)16(9)15-8/h7,13H,1-6H3. The lowest BCUT2D eigenvalue weighted by Gasteiger charge is -2.16. The number of nitrogens with zero attached hydrogens (tertiary/aromatic N) is 3. The van der Waals surface area contributed by atoms with Gasteiger partial charge >= 0.3 is 0 Å². The highest BCUT2D eigenvalue weighted by Crippen LogP contribution is 2.25. The van der Waals surface area contributed by atoms with E-state index in [-0.39, 0.29) is 10.8 Å². The molecule has 2 rings (SSSR count). The Morgan fingerprint density at radius 3 is 2.19 bits per heavy atom. The van der Waals surface area contributed by atoms with Crippen LogP contribution in [0, 0.1) is 0 Å². The van der Waals surface area contributed by atoms with Crippen molar-refractivity contribution in [2.75, 3.05) is 0 Å². The van der Waals surface area contributed by atoms with Crippen molar-refractivity contribution in [1.29, 1.82) is 0 Å². The highest BCUT2D eigenvalue weighted by molar-refractivity contribution is 5.41. The first-order chi connectivity index (χ1) is 7.19. The molecule has 0 radical (unpaired) electrons. The van der Waals surface area contributed by atoms with E-state index in [2.05, 4.69) is 62.9 Å². The zero-order chi connectivity index (χ0) is 12.1. The summed E-state index contributed by atoms with van der Waals surface area (Å²) in [4.78, 5) is 0. The molecule has 0 aliphatic carbocycles. The van der Waals surface area contributed by atoms with E-state index in [1.807, 2.05) is 4.52 Å². The summed E-state index contributed by atoms with van der Waals surface area (Å²) in [5, 5.41) is 12.0. The summed E-state index contributed by atoms with van der Waals surface area (Å²) < 4.78 is 1.92. The topological polar surface area (TPSA) is 46.0 Å². The van der Waals surface area contributed by atoms with Gasteiger partial charge in [-0.05, 0) is 0 Å². The average Bonchev–Trinajstić information content (AvgIpc) is 2.53. The largest absolute Gasteiger partial charge is 0.259 e. The van der Waals surface area contributed by atoms with E-state index in [1.54, 1.807) is 0 Å². The smallest absolute Gasteiger partial charge is 0.157 e. The molecule has 0 spiro atoms. The molecule has 4 heteroatoms. The SMILES string of the molecule is CC(C)(C)c1cc2[nH]nc(C(C)(C)C)n2n1. The third-order valence-corrected chi connectivity index (χ3v) is 2.63. The van der Waals surface area contributed by atoms with Crippen LogP contribution in [-0.4, -0.2) is 19.8 Å². The van der Waals surface area contributed by atoms with Crippen molar-refractivity contribution in [2.45, 2.75) is 52.4 Å². The molecule has 2 aromatic rings. The summed E-state index contributed by atoms with van der Waals surface area (Å²) in [6.07, 6.45) is 0. The van der Waals surface area contributed by atoms with Crippen molar-refractivity contribution in [3.8, 4) is 0 Å². The Balaban J connectivity index is 2.61. The monoisotopic (exact) mass is 220 g/mol. The van der Waals surface area contributed by atoms with Gasteiger partial charge in [0, 0.05) is 16.9 Å². The number of hydrogen-bond donors (Lipinski definition) is 1. The lowest BCUT2D eigenvalue weighted by molar-refractivity contribution is 0.514. The quantitative estimate of drug-likeness (QED) is 0.742. The van der Waals surface area contributed by atoms with Crippen molar-refractivity contribution in [1.82, 2.24) is 19.8 Å². The van der Waals surface area contributed by atoms with Gasteiger partial charge in [0.05, 0.1) is 5.69 Å². The molecule has 0 atom stereocenters. The average molecular weight is 220 g/mol. The first kappa shape index (κ1) is 11.2. The predicted octanol–water partition coefficient (Wildman–Crippen LogP) is 2.65. The molecule has 0 aromatic carbocycles. The van der Waals surface area contributed by atoms with E-state index in [9.17, 15) is 0 Å². The summed E-state index contributed by atoms with van der Waals surface area (Å²) >= 11 is 0. The van der Waals surface area contributed by atoms with Crippen molar-refractivity contribution in [2.24, 2.45) is 0 Å². The van der Waals surface area contributed by atoms with Crippen LogP contribution in [0.15, 0.2) is 6.07 Å². The van der Waals surface area contributed by atoms with Crippen molar-refractivity contribution in [3.63, 3.8) is 0 Å². The minimum absolute atomic E-state index is 0.000571. The van der Waals surface area contributed by atoms with E-state index in [1.165, 1.54) is 0 Å². The number of fused-ring (bicyclic) bond motifs is 1. The number of H-pyrrole nitrogens is 1. The van der Waals surface area contributed by atoms with Gasteiger partial charge in [-0.1, -0.05) is 41.5 Å². The molecule has 0 aliphatic heterocycles. The van der Waals surface area contributed by atoms with Crippen LogP contribution in [0.5, 0.6) is 0 Å². The normalized spacial score (nSPS) is 13.6. The fourth-order valence-electron chi connectivity index (χ4n) is 1.63. The second-order valence-corrected chi connectivity index (χ2v) is 6.37. The minimum atomic E-state index is -0.000571. The highest BCUT2D eigenvalue weighted by Gasteiger charge is 2.24. The maximum absolute atomic E-state index is 4.63. The van der Waals surface area contributed by atoms with E-state index in [4.69, 9.17) is 0 Å². The Kier molecular flexibility index (Phi) is 2.16. The molecule has 0 saturated carbocycles. The molecule has 4 nitrogen and oxygen atoms in total. The fraction of sp³-hybridized carbons (Fsp3) is 0.667. The third kappa shape index (κ3) is 1.72. The zero-order valence-corrected chi connectivity index (χ0v) is 10.9. The molecule has 88 valence electrons. The van der Waals surface area contributed by atoms with Gasteiger partial charge in [-0.25, -0.2) is 0 Å². The van der Waals surface area contributed by atoms with Crippen LogP contribution < -0.4 is 0 Å². The number of nitrogens with one attached hydrogen (secondary N) is 1. The van der Waals surface area contributed by atoms with Gasteiger partial charge in [0.1, 0.15) is 0 Å². The molecular formula is C12H20N4. The second kappa shape index (κ2) is 3.09. The summed E-state index contributed by atoms with van der Waals surface area (Å²) in [6.45, 7) is 12.9. The van der Waals surface area contributed by atoms with Crippen LogP contribution >= 0.6 is 0 Å². The molecule has 2 aromatic heterocycles. The molecule has 0 saturated heterocycles. The molecule has 0 fully saturated rings. The fourth-order valence-corrected chi connectivity index (χ4v) is 1.63. The lowest BCUT2D eigenvalue weighted by Crippen LogP contribution is -2.18. The molecule has 0 unspecified atom stereocenters. The minimum Gasteiger partial charge on any atom is -0.259 e. The molecule has 0 amide bonds. The Morgan fingerprint density at radius 1 is 1.06 bits per heavy atom. The maximum atomic E-state index is 4.63. The molecule has 16 heavy (non-hydrogen) atoms. The molecule has 0 aliphatic rings. The summed E-state index contributed by atoms with van der Waals surface area (Å²) in [7, 11) is 0. The van der Waals surface area contributed by atoms with E-state index in [0.717, 1.165) is 17.2 Å². The van der Waals surface area contributed by atoms with E-state index in [0.29, 0.717) is 0 Å². The number of aromatic nitrogens is 4. The molecular weight excluding hydrogens is 200 g/mol. The van der Waals surface area contributed by atoms with Gasteiger partial charge in [-0.3, -0.25) is 5.10 Å². The van der Waals surface area contributed by atoms with Gasteiger partial charge in [0.25, 0.3) is 0 Å². The van der Waals surface area contributed by atoms with Crippen LogP contribution in [0.2, 0.25) is 0 Å². The maximum Gasteiger partial charge on any atom is 0.157 e. The Morgan fingerprint density at radius 2 is 1.69 bits per heavy atom. The van der Waals surface area contributed by atoms with Gasteiger partial charge in [0.15, 0.2) is 11.5 Å². The first-order valence-corrected chi connectivity index (χ1v) is 5.65. The molecule has 1 N–H and O–H groups in total. The second-order valence-electron chi connectivity index (χ2n) is 6.37. The molecule has 0 bridgehead atoms. The number of rotatable bonds is 0. The van der Waals surface area contributed by atoms with E-state index < -0.39 is 0 Å². The molecule has 2 heterocycles. The van der Waals surface area contributed by atoms with E-state index >= 15 is 0 Å². The van der Waals surface area contributed by atoms with Gasteiger partial charge < -0.3 is 0 Å². The Labute approximate surface area is 96.1 Å². The summed E-state index contributed by atoms with van der Waals surface area (Å²) in [6, 6.07) is 2.07. The summed E-state index contributed by atoms with van der Waals surface area (Å²) in [5.74, 6) is 0.970. The van der Waals surface area contributed by atoms with Crippen LogP contribution in [0.4, 0.5) is 0 Å². The van der Waals surface area contributed by atoms with Gasteiger partial charge in [-0.2, -0.15) is 14.7 Å². The number of aromatic amines is 1. The van der Waals surface area contributed by atoms with Crippen molar-refractivity contribution in [3.05, 3.63) is 17.6 Å². The van der Waals surface area contributed by atoms with Crippen LogP contribution in [0.1, 0.15) is 53.1 Å². The van der Waals surface area contributed by atoms with Crippen molar-refractivity contribution >= 4 is 5.65 Å². The summed E-state index contributed by atoms with van der Waals surface area (Å²) in [5.41, 5.74) is 2.13. The highest BCUT2D eigenvalue weighted by atomic mass is 15.4. The van der Waals surface area contributed by atoms with Crippen LogP contribution in [0.3, 0.4) is 0 Å². The van der Waals surface area contributed by atoms with Gasteiger partial charge in [-0.15, -0.1) is 0 Å². The first-order valence-electron chi connectivity index (χ1n) is 5.65. The van der Waals surface area contributed by atoms with Crippen molar-refractivity contribution < 1.29 is 0 Å². The van der Waals surface area contributed by atoms with Gasteiger partial charge in [0.2, 0.25) is 0 Å². The number of hydrogen-bond acceptors (Lipinski definition) is 2. The van der Waals surface area contributed by atoms with Crippen LogP contribution in [0.25, 0.3) is 5.65 Å². The Hall–Kier alpha value is -1.32. The Bertz CT molecular complexity index is 505. The predicted molar refractivity (Wildman–Crippen MR) is 64.7 cm³/mol. The van der Waals surface area contributed by atoms with Crippen LogP contribution in [-0.2, 0) is 10.8 Å². The lowest BCUT2D eigenvalue weighted by atomic mass is 9.93.